The maximum atomic E-state index is 4.04. The van der Waals surface area contributed by atoms with E-state index in [1.807, 2.05) is 0 Å². The minimum absolute atomic E-state index is 0.697. The first kappa shape index (κ1) is 16.1. The maximum absolute atomic E-state index is 4.04. The molecule has 3 aromatic carbocycles. The van der Waals surface area contributed by atoms with E-state index in [2.05, 4.69) is 104 Å². The van der Waals surface area contributed by atoms with E-state index >= 15 is 0 Å². The molecule has 0 spiro atoms. The van der Waals surface area contributed by atoms with Gasteiger partial charge in [0.05, 0.1) is 0 Å². The molecule has 1 heteroatoms. The summed E-state index contributed by atoms with van der Waals surface area (Å²) in [6, 6.07) is 34.9. The molecule has 0 unspecified atom stereocenters. The van der Waals surface area contributed by atoms with Crippen molar-refractivity contribution in [2.45, 2.75) is 12.5 Å². The fraction of sp³-hybridized carbons (Fsp3) is 0.167. The molecule has 0 heterocycles. The molecular weight excluding hydrogens is 316 g/mol. The van der Waals surface area contributed by atoms with Gasteiger partial charge >= 0.3 is 0 Å². The van der Waals surface area contributed by atoms with Gasteiger partial charge in [-0.3, -0.25) is 0 Å². The van der Waals surface area contributed by atoms with Crippen molar-refractivity contribution in [1.29, 1.82) is 0 Å². The average molecular weight is 341 g/mol. The van der Waals surface area contributed by atoms with Crippen LogP contribution in [-0.4, -0.2) is 8.07 Å². The highest BCUT2D eigenvalue weighted by Gasteiger charge is 2.46. The van der Waals surface area contributed by atoms with Gasteiger partial charge in [0.1, 0.15) is 8.07 Å². The highest BCUT2D eigenvalue weighted by atomic mass is 28.3. The molecule has 0 aliphatic heterocycles. The smallest absolute Gasteiger partial charge is 0.103 e. The van der Waals surface area contributed by atoms with Crippen LogP contribution < -0.4 is 15.6 Å². The van der Waals surface area contributed by atoms with Crippen molar-refractivity contribution in [2.75, 3.05) is 0 Å². The second-order valence-corrected chi connectivity index (χ2v) is 11.1. The molecule has 0 aromatic heterocycles. The Hall–Kier alpha value is -2.38. The van der Waals surface area contributed by atoms with E-state index in [1.165, 1.54) is 28.0 Å². The van der Waals surface area contributed by atoms with Gasteiger partial charge in [-0.15, -0.1) is 6.58 Å². The highest BCUT2D eigenvalue weighted by Crippen LogP contribution is 2.44. The molecule has 0 bridgehead atoms. The van der Waals surface area contributed by atoms with Crippen LogP contribution in [0.4, 0.5) is 0 Å². The summed E-state index contributed by atoms with van der Waals surface area (Å²) >= 11 is 0. The molecule has 0 amide bonds. The molecule has 0 nitrogen and oxygen atoms in total. The average Bonchev–Trinajstić information content (AvgIpc) is 3.46. The zero-order chi connectivity index (χ0) is 17.1. The van der Waals surface area contributed by atoms with Crippen molar-refractivity contribution in [3.8, 4) is 0 Å². The largest absolute Gasteiger partial charge is 0.148 e. The number of rotatable bonds is 6. The molecule has 25 heavy (non-hydrogen) atoms. The van der Waals surface area contributed by atoms with Crippen molar-refractivity contribution in [3.05, 3.63) is 104 Å². The predicted molar refractivity (Wildman–Crippen MR) is 111 cm³/mol. The Kier molecular flexibility index (Phi) is 4.41. The Labute approximate surface area is 151 Å². The molecule has 0 saturated heterocycles. The van der Waals surface area contributed by atoms with E-state index in [0.717, 1.165) is 5.92 Å². The Morgan fingerprint density at radius 1 is 0.720 bits per heavy atom. The zero-order valence-electron chi connectivity index (χ0n) is 14.5. The second-order valence-electron chi connectivity index (χ2n) is 7.10. The van der Waals surface area contributed by atoms with E-state index in [4.69, 9.17) is 0 Å². The standard InChI is InChI=1S/C24H24Si/c1-2-20-18-21(20)19-25(22-12-6-3-7-13-22,23-14-8-4-9-15-23)24-16-10-5-11-17-24/h2-17,20-21H,1,18-19H2/t20-,21-/m1/s1. The van der Waals surface area contributed by atoms with E-state index in [0.29, 0.717) is 5.92 Å². The summed E-state index contributed by atoms with van der Waals surface area (Å²) in [5.41, 5.74) is 0. The monoisotopic (exact) mass is 340 g/mol. The Bertz CT molecular complexity index is 727. The molecule has 3 aromatic rings. The Morgan fingerprint density at radius 2 is 1.12 bits per heavy atom. The summed E-state index contributed by atoms with van der Waals surface area (Å²) in [5, 5.41) is 4.55. The van der Waals surface area contributed by atoms with E-state index in [9.17, 15) is 0 Å². The molecule has 0 N–H and O–H groups in total. The third-order valence-electron chi connectivity index (χ3n) is 5.65. The molecule has 4 rings (SSSR count). The summed E-state index contributed by atoms with van der Waals surface area (Å²) in [6.07, 6.45) is 3.45. The fourth-order valence-corrected chi connectivity index (χ4v) is 9.46. The lowest BCUT2D eigenvalue weighted by Gasteiger charge is -2.34. The number of benzene rings is 3. The van der Waals surface area contributed by atoms with Crippen LogP contribution in [0.15, 0.2) is 104 Å². The van der Waals surface area contributed by atoms with Crippen LogP contribution in [0.1, 0.15) is 6.42 Å². The lowest BCUT2D eigenvalue weighted by molar-refractivity contribution is 0.885. The number of allylic oxidation sites excluding steroid dienone is 1. The summed E-state index contributed by atoms with van der Waals surface area (Å²) in [7, 11) is -2.03. The van der Waals surface area contributed by atoms with Crippen LogP contribution >= 0.6 is 0 Å². The van der Waals surface area contributed by atoms with Crippen molar-refractivity contribution in [3.63, 3.8) is 0 Å². The van der Waals surface area contributed by atoms with Gasteiger partial charge in [-0.25, -0.2) is 0 Å². The SMILES string of the molecule is C=C[C@@H]1C[C@@H]1C[Si](c1ccccc1)(c1ccccc1)c1ccccc1. The minimum atomic E-state index is -2.03. The van der Waals surface area contributed by atoms with Gasteiger partial charge in [0.15, 0.2) is 0 Å². The van der Waals surface area contributed by atoms with Crippen LogP contribution in [0.5, 0.6) is 0 Å². The minimum Gasteiger partial charge on any atom is -0.103 e. The van der Waals surface area contributed by atoms with Gasteiger partial charge < -0.3 is 0 Å². The topological polar surface area (TPSA) is 0 Å². The molecule has 1 aliphatic carbocycles. The normalized spacial score (nSPS) is 19.4. The van der Waals surface area contributed by atoms with Crippen molar-refractivity contribution < 1.29 is 0 Å². The van der Waals surface area contributed by atoms with Crippen LogP contribution in [0.3, 0.4) is 0 Å². The van der Waals surface area contributed by atoms with Crippen LogP contribution in [0.2, 0.25) is 6.04 Å². The third-order valence-corrected chi connectivity index (χ3v) is 10.7. The first-order valence-electron chi connectivity index (χ1n) is 9.14. The van der Waals surface area contributed by atoms with Crippen molar-refractivity contribution >= 4 is 23.6 Å². The molecule has 1 fully saturated rings. The Morgan fingerprint density at radius 3 is 1.44 bits per heavy atom. The first-order valence-corrected chi connectivity index (χ1v) is 11.3. The molecule has 1 saturated carbocycles. The van der Waals surface area contributed by atoms with E-state index < -0.39 is 8.07 Å². The molecule has 124 valence electrons. The summed E-state index contributed by atoms with van der Waals surface area (Å²) in [4.78, 5) is 0. The van der Waals surface area contributed by atoms with Crippen molar-refractivity contribution in [1.82, 2.24) is 0 Å². The quantitative estimate of drug-likeness (QED) is 0.362. The number of hydrogen-bond donors (Lipinski definition) is 0. The Balaban J connectivity index is 1.93. The molecule has 2 atom stereocenters. The maximum Gasteiger partial charge on any atom is 0.148 e. The molecular formula is C24H24Si. The van der Waals surface area contributed by atoms with Gasteiger partial charge in [0.2, 0.25) is 0 Å². The lowest BCUT2D eigenvalue weighted by Crippen LogP contribution is -2.67. The molecule has 1 aliphatic rings. The lowest BCUT2D eigenvalue weighted by atomic mass is 10.3. The number of hydrogen-bond acceptors (Lipinski definition) is 0. The van der Waals surface area contributed by atoms with Gasteiger partial charge in [0, 0.05) is 0 Å². The summed E-state index contributed by atoms with van der Waals surface area (Å²) in [6.45, 7) is 4.04. The van der Waals surface area contributed by atoms with Gasteiger partial charge in [-0.2, -0.15) is 0 Å². The summed E-state index contributed by atoms with van der Waals surface area (Å²) < 4.78 is 0. The third kappa shape index (κ3) is 3.00. The van der Waals surface area contributed by atoms with Gasteiger partial charge in [0.25, 0.3) is 0 Å². The first-order chi connectivity index (χ1) is 12.3. The predicted octanol–water partition coefficient (Wildman–Crippen LogP) is 3.98. The van der Waals surface area contributed by atoms with Crippen LogP contribution in [0.25, 0.3) is 0 Å². The highest BCUT2D eigenvalue weighted by molar-refractivity contribution is 7.11. The van der Waals surface area contributed by atoms with Gasteiger partial charge in [-0.05, 0) is 39.9 Å². The van der Waals surface area contributed by atoms with Crippen LogP contribution in [0, 0.1) is 11.8 Å². The van der Waals surface area contributed by atoms with Crippen LogP contribution in [-0.2, 0) is 0 Å². The fourth-order valence-electron chi connectivity index (χ4n) is 4.21. The van der Waals surface area contributed by atoms with E-state index in [-0.39, 0.29) is 0 Å². The van der Waals surface area contributed by atoms with Crippen molar-refractivity contribution in [2.24, 2.45) is 11.8 Å². The zero-order valence-corrected chi connectivity index (χ0v) is 15.5. The second kappa shape index (κ2) is 6.85. The van der Waals surface area contributed by atoms with E-state index in [1.54, 1.807) is 0 Å². The summed E-state index contributed by atoms with van der Waals surface area (Å²) in [5.74, 6) is 1.47. The molecule has 0 radical (unpaired) electrons. The van der Waals surface area contributed by atoms with Gasteiger partial charge in [-0.1, -0.05) is 97.1 Å².